The highest BCUT2D eigenvalue weighted by molar-refractivity contribution is 5.66. The molecular formula is C11H15FN2. The van der Waals surface area contributed by atoms with Gasteiger partial charge < -0.3 is 11.1 Å². The first kappa shape index (κ1) is 10.6. The smallest absolute Gasteiger partial charge is 0.148 e. The number of nitrogens with one attached hydrogen (secondary N) is 1. The number of hydrogen-bond donors (Lipinski definition) is 2. The van der Waals surface area contributed by atoms with E-state index in [9.17, 15) is 4.39 Å². The van der Waals surface area contributed by atoms with Gasteiger partial charge in [0.15, 0.2) is 0 Å². The van der Waals surface area contributed by atoms with Crippen LogP contribution in [0, 0.1) is 5.82 Å². The zero-order chi connectivity index (χ0) is 10.6. The Labute approximate surface area is 83.6 Å². The Morgan fingerprint density at radius 3 is 2.79 bits per heavy atom. The van der Waals surface area contributed by atoms with Gasteiger partial charge in [-0.3, -0.25) is 0 Å². The maximum atomic E-state index is 13.2. The maximum absolute atomic E-state index is 13.2. The zero-order valence-electron chi connectivity index (χ0n) is 8.47. The summed E-state index contributed by atoms with van der Waals surface area (Å²) in [7, 11) is 0. The predicted octanol–water partition coefficient (Wildman–Crippen LogP) is 2.79. The van der Waals surface area contributed by atoms with Crippen molar-refractivity contribution in [3.63, 3.8) is 0 Å². The van der Waals surface area contributed by atoms with Crippen LogP contribution < -0.4 is 11.1 Å². The second kappa shape index (κ2) is 4.65. The molecule has 1 aromatic rings. The van der Waals surface area contributed by atoms with E-state index in [1.54, 1.807) is 12.1 Å². The van der Waals surface area contributed by atoms with Crippen molar-refractivity contribution >= 4 is 11.4 Å². The van der Waals surface area contributed by atoms with Crippen molar-refractivity contribution in [2.45, 2.75) is 13.8 Å². The van der Waals surface area contributed by atoms with Crippen molar-refractivity contribution in [3.8, 4) is 0 Å². The van der Waals surface area contributed by atoms with Gasteiger partial charge in [-0.2, -0.15) is 0 Å². The van der Waals surface area contributed by atoms with Crippen LogP contribution in [0.4, 0.5) is 15.8 Å². The van der Waals surface area contributed by atoms with Gasteiger partial charge in [0.1, 0.15) is 5.82 Å². The number of nitrogens with two attached hydrogens (primary N) is 1. The van der Waals surface area contributed by atoms with Gasteiger partial charge in [0.2, 0.25) is 0 Å². The van der Waals surface area contributed by atoms with Gasteiger partial charge in [-0.1, -0.05) is 17.7 Å². The molecule has 1 aromatic carbocycles. The predicted molar refractivity (Wildman–Crippen MR) is 58.7 cm³/mol. The van der Waals surface area contributed by atoms with E-state index in [1.165, 1.54) is 11.6 Å². The molecule has 0 aliphatic carbocycles. The van der Waals surface area contributed by atoms with Crippen LogP contribution in [0.3, 0.4) is 0 Å². The molecule has 0 saturated carbocycles. The fraction of sp³-hybridized carbons (Fsp3) is 0.273. The molecule has 0 bridgehead atoms. The molecule has 3 N–H and O–H groups in total. The van der Waals surface area contributed by atoms with Crippen LogP contribution in [-0.4, -0.2) is 6.54 Å². The van der Waals surface area contributed by atoms with Crippen molar-refractivity contribution in [1.82, 2.24) is 0 Å². The Balaban J connectivity index is 2.71. The summed E-state index contributed by atoms with van der Waals surface area (Å²) in [4.78, 5) is 0. The number of halogens is 1. The fourth-order valence-electron chi connectivity index (χ4n) is 1.08. The monoisotopic (exact) mass is 194 g/mol. The van der Waals surface area contributed by atoms with Crippen LogP contribution >= 0.6 is 0 Å². The van der Waals surface area contributed by atoms with E-state index in [2.05, 4.69) is 5.32 Å². The number of allylic oxidation sites excluding steroid dienone is 1. The minimum absolute atomic E-state index is 0.313. The summed E-state index contributed by atoms with van der Waals surface area (Å²) >= 11 is 0. The number of para-hydroxylation sites is 1. The quantitative estimate of drug-likeness (QED) is 0.573. The zero-order valence-corrected chi connectivity index (χ0v) is 8.47. The lowest BCUT2D eigenvalue weighted by Gasteiger charge is -2.08. The fourth-order valence-corrected chi connectivity index (χ4v) is 1.08. The number of anilines is 2. The molecular weight excluding hydrogens is 179 g/mol. The summed E-state index contributed by atoms with van der Waals surface area (Å²) < 4.78 is 13.2. The summed E-state index contributed by atoms with van der Waals surface area (Å²) in [6, 6.07) is 4.66. The Kier molecular flexibility index (Phi) is 3.51. The van der Waals surface area contributed by atoms with E-state index in [-0.39, 0.29) is 5.82 Å². The minimum atomic E-state index is -0.313. The standard InChI is InChI=1S/C11H15FN2/c1-8(2)6-7-14-11-9(12)4-3-5-10(11)13/h3-6,14H,7,13H2,1-2H3. The largest absolute Gasteiger partial charge is 0.397 e. The van der Waals surface area contributed by atoms with Crippen molar-refractivity contribution in [2.75, 3.05) is 17.6 Å². The molecule has 0 aliphatic heterocycles. The van der Waals surface area contributed by atoms with E-state index >= 15 is 0 Å². The highest BCUT2D eigenvalue weighted by atomic mass is 19.1. The van der Waals surface area contributed by atoms with Crippen LogP contribution in [-0.2, 0) is 0 Å². The summed E-state index contributed by atoms with van der Waals surface area (Å²) in [6.45, 7) is 4.58. The van der Waals surface area contributed by atoms with Gasteiger partial charge in [-0.15, -0.1) is 0 Å². The molecule has 0 heterocycles. The molecule has 14 heavy (non-hydrogen) atoms. The van der Waals surface area contributed by atoms with E-state index < -0.39 is 0 Å². The van der Waals surface area contributed by atoms with E-state index in [0.717, 1.165) is 0 Å². The first-order chi connectivity index (χ1) is 6.61. The first-order valence-electron chi connectivity index (χ1n) is 4.52. The van der Waals surface area contributed by atoms with Crippen LogP contribution in [0.2, 0.25) is 0 Å². The second-order valence-electron chi connectivity index (χ2n) is 3.37. The molecule has 0 spiro atoms. The molecule has 0 saturated heterocycles. The Bertz CT molecular complexity index is 321. The average Bonchev–Trinajstić information content (AvgIpc) is 2.09. The lowest BCUT2D eigenvalue weighted by Crippen LogP contribution is -2.04. The SMILES string of the molecule is CC(C)=CCNc1c(N)cccc1F. The van der Waals surface area contributed by atoms with Crippen LogP contribution in [0.5, 0.6) is 0 Å². The molecule has 3 heteroatoms. The van der Waals surface area contributed by atoms with Crippen LogP contribution in [0.15, 0.2) is 29.8 Å². The minimum Gasteiger partial charge on any atom is -0.397 e. The third kappa shape index (κ3) is 2.76. The van der Waals surface area contributed by atoms with Gasteiger partial charge in [0, 0.05) is 6.54 Å². The average molecular weight is 194 g/mol. The molecule has 0 fully saturated rings. The third-order valence-corrected chi connectivity index (χ3v) is 1.83. The highest BCUT2D eigenvalue weighted by Crippen LogP contribution is 2.21. The molecule has 0 unspecified atom stereocenters. The van der Waals surface area contributed by atoms with Crippen molar-refractivity contribution in [3.05, 3.63) is 35.7 Å². The molecule has 0 amide bonds. The topological polar surface area (TPSA) is 38.0 Å². The van der Waals surface area contributed by atoms with Gasteiger partial charge in [0.25, 0.3) is 0 Å². The summed E-state index contributed by atoms with van der Waals surface area (Å²) in [5.74, 6) is -0.313. The Hall–Kier alpha value is -1.51. The van der Waals surface area contributed by atoms with Crippen LogP contribution in [0.25, 0.3) is 0 Å². The lowest BCUT2D eigenvalue weighted by atomic mass is 10.2. The first-order valence-corrected chi connectivity index (χ1v) is 4.52. The molecule has 0 aromatic heterocycles. The summed E-state index contributed by atoms with van der Waals surface area (Å²) in [6.07, 6.45) is 1.98. The van der Waals surface area contributed by atoms with E-state index in [1.807, 2.05) is 19.9 Å². The molecule has 1 rings (SSSR count). The molecule has 2 nitrogen and oxygen atoms in total. The second-order valence-corrected chi connectivity index (χ2v) is 3.37. The Morgan fingerprint density at radius 1 is 1.50 bits per heavy atom. The van der Waals surface area contributed by atoms with E-state index in [0.29, 0.717) is 17.9 Å². The van der Waals surface area contributed by atoms with Gasteiger partial charge in [0.05, 0.1) is 11.4 Å². The van der Waals surface area contributed by atoms with Crippen LogP contribution in [0.1, 0.15) is 13.8 Å². The molecule has 0 aliphatic rings. The normalized spacial score (nSPS) is 9.64. The van der Waals surface area contributed by atoms with Gasteiger partial charge in [-0.25, -0.2) is 4.39 Å². The Morgan fingerprint density at radius 2 is 2.21 bits per heavy atom. The highest BCUT2D eigenvalue weighted by Gasteiger charge is 2.03. The number of benzene rings is 1. The maximum Gasteiger partial charge on any atom is 0.148 e. The van der Waals surface area contributed by atoms with E-state index in [4.69, 9.17) is 5.73 Å². The number of rotatable bonds is 3. The molecule has 0 radical (unpaired) electrons. The molecule has 0 atom stereocenters. The lowest BCUT2D eigenvalue weighted by molar-refractivity contribution is 0.631. The number of nitrogen functional groups attached to an aromatic ring is 1. The van der Waals surface area contributed by atoms with Gasteiger partial charge in [-0.05, 0) is 26.0 Å². The van der Waals surface area contributed by atoms with Gasteiger partial charge >= 0.3 is 0 Å². The van der Waals surface area contributed by atoms with Crippen molar-refractivity contribution in [1.29, 1.82) is 0 Å². The van der Waals surface area contributed by atoms with Crippen molar-refractivity contribution < 1.29 is 4.39 Å². The number of hydrogen-bond acceptors (Lipinski definition) is 2. The third-order valence-electron chi connectivity index (χ3n) is 1.83. The van der Waals surface area contributed by atoms with Crippen molar-refractivity contribution in [2.24, 2.45) is 0 Å². The summed E-state index contributed by atoms with van der Waals surface area (Å²) in [5.41, 5.74) is 7.62. The summed E-state index contributed by atoms with van der Waals surface area (Å²) in [5, 5.41) is 2.94. The molecule has 76 valence electrons.